The van der Waals surface area contributed by atoms with Crippen LogP contribution in [0.25, 0.3) is 0 Å². The Kier molecular flexibility index (Phi) is 4.46. The van der Waals surface area contributed by atoms with Crippen molar-refractivity contribution in [2.75, 3.05) is 20.1 Å². The van der Waals surface area contributed by atoms with Crippen molar-refractivity contribution in [2.24, 2.45) is 0 Å². The van der Waals surface area contributed by atoms with E-state index in [1.807, 2.05) is 0 Å². The lowest BCUT2D eigenvalue weighted by molar-refractivity contribution is 0.117. The van der Waals surface area contributed by atoms with Crippen LogP contribution < -0.4 is 5.32 Å². The summed E-state index contributed by atoms with van der Waals surface area (Å²) < 4.78 is 1.15. The van der Waals surface area contributed by atoms with Gasteiger partial charge in [0.2, 0.25) is 0 Å². The molecule has 18 heavy (non-hydrogen) atoms. The Morgan fingerprint density at radius 2 is 1.78 bits per heavy atom. The third kappa shape index (κ3) is 3.14. The molecule has 1 aliphatic heterocycles. The summed E-state index contributed by atoms with van der Waals surface area (Å²) in [5, 5.41) is 3.45. The molecule has 0 radical (unpaired) electrons. The average molecular weight is 311 g/mol. The van der Waals surface area contributed by atoms with Crippen molar-refractivity contribution in [3.05, 3.63) is 34.3 Å². The van der Waals surface area contributed by atoms with Crippen LogP contribution in [0.5, 0.6) is 0 Å². The summed E-state index contributed by atoms with van der Waals surface area (Å²) in [5.41, 5.74) is 1.74. The first-order valence-corrected chi connectivity index (χ1v) is 7.52. The lowest BCUT2D eigenvalue weighted by Crippen LogP contribution is -2.50. The molecule has 100 valence electrons. The molecule has 1 aromatic carbocycles. The van der Waals surface area contributed by atoms with Crippen LogP contribution in [-0.4, -0.2) is 30.6 Å². The molecule has 0 aromatic heterocycles. The Bertz CT molecular complexity index is 380. The molecule has 0 bridgehead atoms. The van der Waals surface area contributed by atoms with Gasteiger partial charge in [0.25, 0.3) is 0 Å². The van der Waals surface area contributed by atoms with E-state index < -0.39 is 0 Å². The van der Waals surface area contributed by atoms with Crippen molar-refractivity contribution >= 4 is 15.9 Å². The maximum atomic E-state index is 3.49. The highest BCUT2D eigenvalue weighted by atomic mass is 79.9. The van der Waals surface area contributed by atoms with E-state index in [9.17, 15) is 0 Å². The second-order valence-electron chi connectivity index (χ2n) is 5.57. The Morgan fingerprint density at radius 1 is 1.22 bits per heavy atom. The SMILES string of the molecule is CNC1(C)CCN(C(C)c2ccc(Br)cc2)CC1. The van der Waals surface area contributed by atoms with Crippen molar-refractivity contribution in [1.82, 2.24) is 10.2 Å². The van der Waals surface area contributed by atoms with Gasteiger partial charge >= 0.3 is 0 Å². The molecule has 1 atom stereocenters. The Labute approximate surface area is 119 Å². The van der Waals surface area contributed by atoms with Crippen LogP contribution in [0.4, 0.5) is 0 Å². The molecule has 1 N–H and O–H groups in total. The zero-order valence-electron chi connectivity index (χ0n) is 11.5. The Hall–Kier alpha value is -0.380. The van der Waals surface area contributed by atoms with Crippen LogP contribution in [0, 0.1) is 0 Å². The largest absolute Gasteiger partial charge is 0.314 e. The quantitative estimate of drug-likeness (QED) is 0.918. The van der Waals surface area contributed by atoms with Crippen LogP contribution in [0.2, 0.25) is 0 Å². The first-order chi connectivity index (χ1) is 8.54. The second kappa shape index (κ2) is 5.72. The maximum Gasteiger partial charge on any atom is 0.0319 e. The van der Waals surface area contributed by atoms with Crippen LogP contribution in [0.1, 0.15) is 38.3 Å². The number of nitrogens with zero attached hydrogens (tertiary/aromatic N) is 1. The van der Waals surface area contributed by atoms with Crippen LogP contribution in [-0.2, 0) is 0 Å². The topological polar surface area (TPSA) is 15.3 Å². The molecule has 0 amide bonds. The van der Waals surface area contributed by atoms with Gasteiger partial charge in [-0.05, 0) is 51.4 Å². The summed E-state index contributed by atoms with van der Waals surface area (Å²) in [7, 11) is 2.08. The predicted octanol–water partition coefficient (Wildman–Crippen LogP) is 3.58. The number of hydrogen-bond donors (Lipinski definition) is 1. The predicted molar refractivity (Wildman–Crippen MR) is 80.8 cm³/mol. The molecule has 1 fully saturated rings. The van der Waals surface area contributed by atoms with Gasteiger partial charge in [0, 0.05) is 29.1 Å². The number of halogens is 1. The molecule has 1 heterocycles. The molecule has 3 heteroatoms. The van der Waals surface area contributed by atoms with Gasteiger partial charge in [-0.3, -0.25) is 4.90 Å². The summed E-state index contributed by atoms with van der Waals surface area (Å²) in [6.07, 6.45) is 2.45. The van der Waals surface area contributed by atoms with E-state index in [0.29, 0.717) is 11.6 Å². The normalized spacial score (nSPS) is 21.8. The van der Waals surface area contributed by atoms with Gasteiger partial charge in [-0.15, -0.1) is 0 Å². The molecule has 1 aliphatic rings. The van der Waals surface area contributed by atoms with E-state index >= 15 is 0 Å². The molecular formula is C15H23BrN2. The van der Waals surface area contributed by atoms with Gasteiger partial charge in [0.15, 0.2) is 0 Å². The summed E-state index contributed by atoms with van der Waals surface area (Å²) in [6.45, 7) is 6.99. The number of nitrogens with one attached hydrogen (secondary N) is 1. The lowest BCUT2D eigenvalue weighted by Gasteiger charge is -2.42. The van der Waals surface area contributed by atoms with Gasteiger partial charge in [-0.1, -0.05) is 28.1 Å². The van der Waals surface area contributed by atoms with Gasteiger partial charge in [-0.2, -0.15) is 0 Å². The highest BCUT2D eigenvalue weighted by molar-refractivity contribution is 9.10. The van der Waals surface area contributed by atoms with E-state index in [-0.39, 0.29) is 0 Å². The molecular weight excluding hydrogens is 288 g/mol. The Balaban J connectivity index is 1.99. The van der Waals surface area contributed by atoms with Gasteiger partial charge in [-0.25, -0.2) is 0 Å². The second-order valence-corrected chi connectivity index (χ2v) is 6.49. The molecule has 1 aromatic rings. The van der Waals surface area contributed by atoms with E-state index in [4.69, 9.17) is 0 Å². The third-order valence-corrected chi connectivity index (χ3v) is 4.93. The van der Waals surface area contributed by atoms with Crippen molar-refractivity contribution in [3.8, 4) is 0 Å². The fraction of sp³-hybridized carbons (Fsp3) is 0.600. The Morgan fingerprint density at radius 3 is 2.28 bits per heavy atom. The van der Waals surface area contributed by atoms with Crippen molar-refractivity contribution in [1.29, 1.82) is 0 Å². The number of piperidine rings is 1. The third-order valence-electron chi connectivity index (χ3n) is 4.41. The molecule has 2 nitrogen and oxygen atoms in total. The zero-order valence-corrected chi connectivity index (χ0v) is 13.1. The molecule has 0 saturated carbocycles. The zero-order chi connectivity index (χ0) is 13.2. The maximum absolute atomic E-state index is 3.49. The van der Waals surface area contributed by atoms with Crippen molar-refractivity contribution in [3.63, 3.8) is 0 Å². The highest BCUT2D eigenvalue weighted by Gasteiger charge is 2.30. The van der Waals surface area contributed by atoms with E-state index in [1.54, 1.807) is 0 Å². The monoisotopic (exact) mass is 310 g/mol. The molecule has 2 rings (SSSR count). The summed E-state index contributed by atoms with van der Waals surface area (Å²) in [5.74, 6) is 0. The fourth-order valence-electron chi connectivity index (χ4n) is 2.61. The first kappa shape index (κ1) is 14.0. The minimum Gasteiger partial charge on any atom is -0.314 e. The first-order valence-electron chi connectivity index (χ1n) is 6.72. The number of rotatable bonds is 3. The van der Waals surface area contributed by atoms with Crippen molar-refractivity contribution in [2.45, 2.75) is 38.3 Å². The van der Waals surface area contributed by atoms with E-state index in [0.717, 1.165) is 4.47 Å². The summed E-state index contributed by atoms with van der Waals surface area (Å²) in [4.78, 5) is 2.59. The molecule has 1 saturated heterocycles. The standard InChI is InChI=1S/C15H23BrN2/c1-12(13-4-6-14(16)7-5-13)18-10-8-15(2,17-3)9-11-18/h4-7,12,17H,8-11H2,1-3H3. The lowest BCUT2D eigenvalue weighted by atomic mass is 9.88. The summed E-state index contributed by atoms with van der Waals surface area (Å²) >= 11 is 3.49. The molecule has 0 spiro atoms. The van der Waals surface area contributed by atoms with E-state index in [2.05, 4.69) is 71.3 Å². The number of hydrogen-bond acceptors (Lipinski definition) is 2. The number of likely N-dealkylation sites (tertiary alicyclic amines) is 1. The summed E-state index contributed by atoms with van der Waals surface area (Å²) in [6, 6.07) is 9.22. The average Bonchev–Trinajstić information content (AvgIpc) is 2.40. The minimum atomic E-state index is 0.329. The van der Waals surface area contributed by atoms with Crippen molar-refractivity contribution < 1.29 is 0 Å². The molecule has 0 aliphatic carbocycles. The number of benzene rings is 1. The van der Waals surface area contributed by atoms with Gasteiger partial charge in [0.05, 0.1) is 0 Å². The smallest absolute Gasteiger partial charge is 0.0319 e. The highest BCUT2D eigenvalue weighted by Crippen LogP contribution is 2.28. The van der Waals surface area contributed by atoms with Crippen LogP contribution in [0.15, 0.2) is 28.7 Å². The van der Waals surface area contributed by atoms with Crippen LogP contribution >= 0.6 is 15.9 Å². The van der Waals surface area contributed by atoms with Crippen LogP contribution in [0.3, 0.4) is 0 Å². The van der Waals surface area contributed by atoms with Gasteiger partial charge < -0.3 is 5.32 Å². The minimum absolute atomic E-state index is 0.329. The van der Waals surface area contributed by atoms with Gasteiger partial charge in [0.1, 0.15) is 0 Å². The fourth-order valence-corrected chi connectivity index (χ4v) is 2.87. The molecule has 1 unspecified atom stereocenters. The van der Waals surface area contributed by atoms with E-state index in [1.165, 1.54) is 31.5 Å².